The second kappa shape index (κ2) is 6.51. The quantitative estimate of drug-likeness (QED) is 0.764. The highest BCUT2D eigenvalue weighted by molar-refractivity contribution is 6.39. The zero-order valence-electron chi connectivity index (χ0n) is 10.5. The molecule has 4 heteroatoms. The SMILES string of the molecule is CC(Cc1ccc(Cl)cc1)Nc1c(Cl)cccc1Cl. The fourth-order valence-corrected chi connectivity index (χ4v) is 2.54. The number of benzene rings is 2. The molecule has 2 aromatic carbocycles. The molecule has 0 aliphatic heterocycles. The summed E-state index contributed by atoms with van der Waals surface area (Å²) in [4.78, 5) is 0. The van der Waals surface area contributed by atoms with E-state index in [1.165, 1.54) is 5.56 Å². The molecule has 0 amide bonds. The first-order valence-electron chi connectivity index (χ1n) is 6.01. The van der Waals surface area contributed by atoms with Crippen molar-refractivity contribution in [3.05, 3.63) is 63.1 Å². The summed E-state index contributed by atoms with van der Waals surface area (Å²) in [6.45, 7) is 2.09. The maximum atomic E-state index is 6.13. The lowest BCUT2D eigenvalue weighted by molar-refractivity contribution is 0.790. The summed E-state index contributed by atoms with van der Waals surface area (Å²) in [7, 11) is 0. The minimum Gasteiger partial charge on any atom is -0.380 e. The van der Waals surface area contributed by atoms with Crippen LogP contribution in [0.5, 0.6) is 0 Å². The van der Waals surface area contributed by atoms with E-state index in [0.29, 0.717) is 10.0 Å². The molecule has 0 aromatic heterocycles. The van der Waals surface area contributed by atoms with Crippen LogP contribution in [0.15, 0.2) is 42.5 Å². The van der Waals surface area contributed by atoms with Crippen molar-refractivity contribution in [1.29, 1.82) is 0 Å². The van der Waals surface area contributed by atoms with E-state index in [-0.39, 0.29) is 6.04 Å². The summed E-state index contributed by atoms with van der Waals surface area (Å²) in [5.41, 5.74) is 2.00. The number of anilines is 1. The highest BCUT2D eigenvalue weighted by atomic mass is 35.5. The lowest BCUT2D eigenvalue weighted by atomic mass is 10.1. The summed E-state index contributed by atoms with van der Waals surface area (Å²) in [5, 5.41) is 5.36. The molecule has 0 radical (unpaired) electrons. The fourth-order valence-electron chi connectivity index (χ4n) is 1.91. The largest absolute Gasteiger partial charge is 0.380 e. The first-order chi connectivity index (χ1) is 9.06. The van der Waals surface area contributed by atoms with Gasteiger partial charge < -0.3 is 5.32 Å². The molecule has 2 aromatic rings. The monoisotopic (exact) mass is 313 g/mol. The number of rotatable bonds is 4. The Kier molecular flexibility index (Phi) is 4.98. The Hall–Kier alpha value is -0.890. The molecule has 100 valence electrons. The van der Waals surface area contributed by atoms with E-state index < -0.39 is 0 Å². The maximum absolute atomic E-state index is 6.13. The average Bonchev–Trinajstić information content (AvgIpc) is 2.37. The van der Waals surface area contributed by atoms with Gasteiger partial charge in [0.05, 0.1) is 15.7 Å². The zero-order valence-corrected chi connectivity index (χ0v) is 12.7. The summed E-state index contributed by atoms with van der Waals surface area (Å²) < 4.78 is 0. The van der Waals surface area contributed by atoms with Crippen LogP contribution < -0.4 is 5.32 Å². The van der Waals surface area contributed by atoms with Gasteiger partial charge in [-0.2, -0.15) is 0 Å². The Bertz CT molecular complexity index is 532. The number of hydrogen-bond acceptors (Lipinski definition) is 1. The fraction of sp³-hybridized carbons (Fsp3) is 0.200. The smallest absolute Gasteiger partial charge is 0.0721 e. The predicted molar refractivity (Wildman–Crippen MR) is 84.7 cm³/mol. The van der Waals surface area contributed by atoms with Gasteiger partial charge in [0.15, 0.2) is 0 Å². The summed E-state index contributed by atoms with van der Waals surface area (Å²) in [5.74, 6) is 0. The van der Waals surface area contributed by atoms with Crippen LogP contribution in [-0.4, -0.2) is 6.04 Å². The topological polar surface area (TPSA) is 12.0 Å². The van der Waals surface area contributed by atoms with Crippen LogP contribution in [0.4, 0.5) is 5.69 Å². The van der Waals surface area contributed by atoms with E-state index in [2.05, 4.69) is 12.2 Å². The molecule has 0 aliphatic carbocycles. The molecule has 0 aliphatic rings. The van der Waals surface area contributed by atoms with Gasteiger partial charge in [0, 0.05) is 11.1 Å². The lowest BCUT2D eigenvalue weighted by Crippen LogP contribution is -2.18. The Morgan fingerprint density at radius 3 is 2.11 bits per heavy atom. The Balaban J connectivity index is 2.05. The number of nitrogens with one attached hydrogen (secondary N) is 1. The van der Waals surface area contributed by atoms with Gasteiger partial charge in [-0.25, -0.2) is 0 Å². The number of para-hydroxylation sites is 1. The van der Waals surface area contributed by atoms with Crippen LogP contribution in [0.3, 0.4) is 0 Å². The summed E-state index contributed by atoms with van der Waals surface area (Å²) in [6.07, 6.45) is 0.874. The van der Waals surface area contributed by atoms with E-state index in [0.717, 1.165) is 17.1 Å². The van der Waals surface area contributed by atoms with E-state index in [1.54, 1.807) is 0 Å². The van der Waals surface area contributed by atoms with Crippen LogP contribution in [0.1, 0.15) is 12.5 Å². The van der Waals surface area contributed by atoms with Crippen molar-refractivity contribution in [2.75, 3.05) is 5.32 Å². The van der Waals surface area contributed by atoms with Gasteiger partial charge >= 0.3 is 0 Å². The third-order valence-corrected chi connectivity index (χ3v) is 3.69. The van der Waals surface area contributed by atoms with Gasteiger partial charge in [-0.05, 0) is 43.2 Å². The number of halogens is 3. The van der Waals surface area contributed by atoms with Crippen LogP contribution >= 0.6 is 34.8 Å². The normalized spacial score (nSPS) is 12.2. The summed E-state index contributed by atoms with van der Waals surface area (Å²) >= 11 is 18.1. The van der Waals surface area contributed by atoms with Gasteiger partial charge in [-0.15, -0.1) is 0 Å². The zero-order chi connectivity index (χ0) is 13.8. The van der Waals surface area contributed by atoms with Crippen molar-refractivity contribution in [1.82, 2.24) is 0 Å². The molecular weight excluding hydrogens is 301 g/mol. The second-order valence-corrected chi connectivity index (χ2v) is 5.72. The number of hydrogen-bond donors (Lipinski definition) is 1. The van der Waals surface area contributed by atoms with Crippen molar-refractivity contribution in [3.63, 3.8) is 0 Å². The highest BCUT2D eigenvalue weighted by Crippen LogP contribution is 2.30. The molecule has 19 heavy (non-hydrogen) atoms. The third kappa shape index (κ3) is 4.04. The third-order valence-electron chi connectivity index (χ3n) is 2.81. The van der Waals surface area contributed by atoms with Crippen LogP contribution in [0.2, 0.25) is 15.1 Å². The molecule has 1 nitrogen and oxygen atoms in total. The van der Waals surface area contributed by atoms with Gasteiger partial charge in [-0.3, -0.25) is 0 Å². The maximum Gasteiger partial charge on any atom is 0.0721 e. The van der Waals surface area contributed by atoms with Crippen LogP contribution in [0.25, 0.3) is 0 Å². The van der Waals surface area contributed by atoms with Gasteiger partial charge in [-0.1, -0.05) is 53.0 Å². The first-order valence-corrected chi connectivity index (χ1v) is 7.14. The Labute approximate surface area is 128 Å². The molecule has 1 atom stereocenters. The van der Waals surface area contributed by atoms with Crippen LogP contribution in [-0.2, 0) is 6.42 Å². The molecule has 1 unspecified atom stereocenters. The van der Waals surface area contributed by atoms with E-state index >= 15 is 0 Å². The van der Waals surface area contributed by atoms with Gasteiger partial charge in [0.2, 0.25) is 0 Å². The molecule has 0 saturated heterocycles. The van der Waals surface area contributed by atoms with E-state index in [1.807, 2.05) is 42.5 Å². The first kappa shape index (κ1) is 14.5. The highest BCUT2D eigenvalue weighted by Gasteiger charge is 2.09. The molecule has 0 spiro atoms. The van der Waals surface area contributed by atoms with Gasteiger partial charge in [0.1, 0.15) is 0 Å². The minimum absolute atomic E-state index is 0.221. The Morgan fingerprint density at radius 2 is 1.53 bits per heavy atom. The average molecular weight is 315 g/mol. The second-order valence-electron chi connectivity index (χ2n) is 4.47. The van der Waals surface area contributed by atoms with Crippen molar-refractivity contribution < 1.29 is 0 Å². The molecule has 0 heterocycles. The molecule has 0 fully saturated rings. The minimum atomic E-state index is 0.221. The standard InChI is InChI=1S/C15H14Cl3N/c1-10(9-11-5-7-12(16)8-6-11)19-15-13(17)3-2-4-14(15)18/h2-8,10,19H,9H2,1H3. The predicted octanol–water partition coefficient (Wildman–Crippen LogP) is 5.69. The molecule has 0 saturated carbocycles. The van der Waals surface area contributed by atoms with Crippen molar-refractivity contribution in [3.8, 4) is 0 Å². The van der Waals surface area contributed by atoms with E-state index in [9.17, 15) is 0 Å². The van der Waals surface area contributed by atoms with Crippen molar-refractivity contribution in [2.24, 2.45) is 0 Å². The molecule has 1 N–H and O–H groups in total. The summed E-state index contributed by atoms with van der Waals surface area (Å²) in [6, 6.07) is 13.5. The van der Waals surface area contributed by atoms with E-state index in [4.69, 9.17) is 34.8 Å². The molecular formula is C15H14Cl3N. The molecule has 2 rings (SSSR count). The molecule has 0 bridgehead atoms. The van der Waals surface area contributed by atoms with Crippen molar-refractivity contribution in [2.45, 2.75) is 19.4 Å². The van der Waals surface area contributed by atoms with Crippen LogP contribution in [0, 0.1) is 0 Å². The lowest BCUT2D eigenvalue weighted by Gasteiger charge is -2.17. The Morgan fingerprint density at radius 1 is 0.947 bits per heavy atom. The van der Waals surface area contributed by atoms with Crippen molar-refractivity contribution >= 4 is 40.5 Å². The van der Waals surface area contributed by atoms with Gasteiger partial charge in [0.25, 0.3) is 0 Å².